The highest BCUT2D eigenvalue weighted by molar-refractivity contribution is 5.94. The van der Waals surface area contributed by atoms with Gasteiger partial charge in [0, 0.05) is 17.9 Å². The number of anilines is 1. The lowest BCUT2D eigenvalue weighted by atomic mass is 9.81. The smallest absolute Gasteiger partial charge is 0.227 e. The Labute approximate surface area is 150 Å². The summed E-state index contributed by atoms with van der Waals surface area (Å²) in [5.41, 5.74) is 0.714. The monoisotopic (exact) mass is 346 g/mol. The largest absolute Gasteiger partial charge is 0.492 e. The Morgan fingerprint density at radius 1 is 1.08 bits per heavy atom. The molecule has 0 aliphatic heterocycles. The van der Waals surface area contributed by atoms with E-state index in [1.165, 1.54) is 0 Å². The first-order valence-electron chi connectivity index (χ1n) is 9.38. The van der Waals surface area contributed by atoms with Crippen molar-refractivity contribution < 1.29 is 14.3 Å². The van der Waals surface area contributed by atoms with Crippen LogP contribution in [0.15, 0.2) is 24.3 Å². The van der Waals surface area contributed by atoms with E-state index in [0.717, 1.165) is 32.1 Å². The van der Waals surface area contributed by atoms with Gasteiger partial charge in [0.2, 0.25) is 11.8 Å². The summed E-state index contributed by atoms with van der Waals surface area (Å²) >= 11 is 0. The number of amides is 2. The van der Waals surface area contributed by atoms with E-state index in [1.54, 1.807) is 0 Å². The van der Waals surface area contributed by atoms with E-state index in [2.05, 4.69) is 17.6 Å². The number of carbonyl (C=O) groups is 2. The van der Waals surface area contributed by atoms with Crippen molar-refractivity contribution in [3.8, 4) is 5.75 Å². The van der Waals surface area contributed by atoms with E-state index in [1.807, 2.05) is 38.1 Å². The molecule has 0 spiro atoms. The van der Waals surface area contributed by atoms with Crippen LogP contribution in [0.5, 0.6) is 5.75 Å². The van der Waals surface area contributed by atoms with Crippen molar-refractivity contribution in [1.82, 2.24) is 5.32 Å². The van der Waals surface area contributed by atoms with Crippen LogP contribution in [0.1, 0.15) is 52.9 Å². The lowest BCUT2D eigenvalue weighted by molar-refractivity contribution is -0.129. The standard InChI is InChI=1S/C20H30N2O3/c1-4-14(3)21-19(23)15-10-12-16(13-11-15)20(24)22-17-8-6-7-9-18(17)25-5-2/h6-9,14-16H,4-5,10-13H2,1-3H3,(H,21,23)(H,22,24). The van der Waals surface area contributed by atoms with Crippen molar-refractivity contribution in [2.24, 2.45) is 11.8 Å². The molecule has 1 saturated carbocycles. The zero-order chi connectivity index (χ0) is 18.2. The summed E-state index contributed by atoms with van der Waals surface area (Å²) in [4.78, 5) is 24.8. The molecule has 2 amide bonds. The third kappa shape index (κ3) is 5.48. The first-order valence-corrected chi connectivity index (χ1v) is 9.38. The predicted molar refractivity (Wildman–Crippen MR) is 99.6 cm³/mol. The van der Waals surface area contributed by atoms with Gasteiger partial charge < -0.3 is 15.4 Å². The van der Waals surface area contributed by atoms with Crippen molar-refractivity contribution in [2.45, 2.75) is 58.9 Å². The second kappa shape index (κ2) is 9.44. The summed E-state index contributed by atoms with van der Waals surface area (Å²) in [5, 5.41) is 6.03. The number of rotatable bonds is 7. The van der Waals surface area contributed by atoms with E-state index < -0.39 is 0 Å². The van der Waals surface area contributed by atoms with Crippen LogP contribution in [0.4, 0.5) is 5.69 Å². The van der Waals surface area contributed by atoms with Crippen LogP contribution >= 0.6 is 0 Å². The van der Waals surface area contributed by atoms with Gasteiger partial charge in [-0.2, -0.15) is 0 Å². The van der Waals surface area contributed by atoms with Crippen LogP contribution in [-0.2, 0) is 9.59 Å². The molecular weight excluding hydrogens is 316 g/mol. The molecule has 0 bridgehead atoms. The van der Waals surface area contributed by atoms with Crippen molar-refractivity contribution in [3.63, 3.8) is 0 Å². The zero-order valence-electron chi connectivity index (χ0n) is 15.5. The number of benzene rings is 1. The predicted octanol–water partition coefficient (Wildman–Crippen LogP) is 3.74. The molecule has 1 unspecified atom stereocenters. The fourth-order valence-corrected chi connectivity index (χ4v) is 3.17. The summed E-state index contributed by atoms with van der Waals surface area (Å²) in [6.45, 7) is 6.56. The first kappa shape index (κ1) is 19.3. The Morgan fingerprint density at radius 2 is 1.68 bits per heavy atom. The second-order valence-corrected chi connectivity index (χ2v) is 6.78. The Morgan fingerprint density at radius 3 is 2.28 bits per heavy atom. The molecule has 0 saturated heterocycles. The van der Waals surface area contributed by atoms with Crippen LogP contribution in [0.3, 0.4) is 0 Å². The summed E-state index contributed by atoms with van der Waals surface area (Å²) in [7, 11) is 0. The summed E-state index contributed by atoms with van der Waals surface area (Å²) < 4.78 is 5.55. The van der Waals surface area contributed by atoms with Crippen LogP contribution in [0.25, 0.3) is 0 Å². The van der Waals surface area contributed by atoms with Crippen LogP contribution in [-0.4, -0.2) is 24.5 Å². The molecule has 25 heavy (non-hydrogen) atoms. The minimum absolute atomic E-state index is 0.0212. The molecule has 1 aliphatic rings. The Hall–Kier alpha value is -2.04. The van der Waals surface area contributed by atoms with Gasteiger partial charge in [0.15, 0.2) is 0 Å². The maximum absolute atomic E-state index is 12.6. The second-order valence-electron chi connectivity index (χ2n) is 6.78. The van der Waals surface area contributed by atoms with Crippen molar-refractivity contribution in [1.29, 1.82) is 0 Å². The number of nitrogens with one attached hydrogen (secondary N) is 2. The van der Waals surface area contributed by atoms with Crippen LogP contribution < -0.4 is 15.4 Å². The Bertz CT molecular complexity index is 580. The fourth-order valence-electron chi connectivity index (χ4n) is 3.17. The molecule has 0 aromatic heterocycles. The van der Waals surface area contributed by atoms with Gasteiger partial charge >= 0.3 is 0 Å². The molecule has 2 rings (SSSR count). The SMILES string of the molecule is CCOc1ccccc1NC(=O)C1CCC(C(=O)NC(C)CC)CC1. The molecule has 5 heteroatoms. The number of hydrogen-bond acceptors (Lipinski definition) is 3. The van der Waals surface area contributed by atoms with Gasteiger partial charge in [0.05, 0.1) is 12.3 Å². The summed E-state index contributed by atoms with van der Waals surface area (Å²) in [6, 6.07) is 7.70. The van der Waals surface area contributed by atoms with Crippen LogP contribution in [0, 0.1) is 11.8 Å². The molecule has 1 aliphatic carbocycles. The molecule has 1 atom stereocenters. The lowest BCUT2D eigenvalue weighted by Crippen LogP contribution is -2.39. The lowest BCUT2D eigenvalue weighted by Gasteiger charge is -2.28. The van der Waals surface area contributed by atoms with Gasteiger partial charge in [0.1, 0.15) is 5.75 Å². The van der Waals surface area contributed by atoms with Crippen molar-refractivity contribution in [2.75, 3.05) is 11.9 Å². The first-order chi connectivity index (χ1) is 12.0. The molecule has 5 nitrogen and oxygen atoms in total. The van der Waals surface area contributed by atoms with Crippen LogP contribution in [0.2, 0.25) is 0 Å². The molecule has 0 heterocycles. The van der Waals surface area contributed by atoms with Crippen molar-refractivity contribution >= 4 is 17.5 Å². The summed E-state index contributed by atoms with van der Waals surface area (Å²) in [6.07, 6.45) is 3.98. The number of hydrogen-bond donors (Lipinski definition) is 2. The summed E-state index contributed by atoms with van der Waals surface area (Å²) in [5.74, 6) is 0.846. The Kier molecular flexibility index (Phi) is 7.29. The quantitative estimate of drug-likeness (QED) is 0.790. The fraction of sp³-hybridized carbons (Fsp3) is 0.600. The number of para-hydroxylation sites is 2. The topological polar surface area (TPSA) is 67.4 Å². The van der Waals surface area contributed by atoms with Gasteiger partial charge in [-0.3, -0.25) is 9.59 Å². The number of ether oxygens (including phenoxy) is 1. The Balaban J connectivity index is 1.86. The van der Waals surface area contributed by atoms with E-state index in [-0.39, 0.29) is 29.7 Å². The highest BCUT2D eigenvalue weighted by atomic mass is 16.5. The van der Waals surface area contributed by atoms with E-state index >= 15 is 0 Å². The van der Waals surface area contributed by atoms with E-state index in [4.69, 9.17) is 4.74 Å². The number of carbonyl (C=O) groups excluding carboxylic acids is 2. The third-order valence-corrected chi connectivity index (χ3v) is 4.91. The van der Waals surface area contributed by atoms with Gasteiger partial charge in [-0.1, -0.05) is 19.1 Å². The van der Waals surface area contributed by atoms with Crippen molar-refractivity contribution in [3.05, 3.63) is 24.3 Å². The van der Waals surface area contributed by atoms with Gasteiger partial charge in [-0.05, 0) is 58.1 Å². The minimum Gasteiger partial charge on any atom is -0.492 e. The van der Waals surface area contributed by atoms with Gasteiger partial charge in [0.25, 0.3) is 0 Å². The maximum atomic E-state index is 12.6. The molecular formula is C20H30N2O3. The molecule has 1 aromatic carbocycles. The highest BCUT2D eigenvalue weighted by Gasteiger charge is 2.30. The van der Waals surface area contributed by atoms with E-state index in [9.17, 15) is 9.59 Å². The molecule has 138 valence electrons. The zero-order valence-corrected chi connectivity index (χ0v) is 15.5. The highest BCUT2D eigenvalue weighted by Crippen LogP contribution is 2.31. The van der Waals surface area contributed by atoms with Gasteiger partial charge in [-0.15, -0.1) is 0 Å². The normalized spacial score (nSPS) is 21.2. The van der Waals surface area contributed by atoms with Gasteiger partial charge in [-0.25, -0.2) is 0 Å². The molecule has 0 radical (unpaired) electrons. The average molecular weight is 346 g/mol. The molecule has 1 fully saturated rings. The minimum atomic E-state index is -0.0395. The average Bonchev–Trinajstić information content (AvgIpc) is 2.63. The molecule has 1 aromatic rings. The third-order valence-electron chi connectivity index (χ3n) is 4.91. The molecule has 2 N–H and O–H groups in total. The van der Waals surface area contributed by atoms with E-state index in [0.29, 0.717) is 18.0 Å². The maximum Gasteiger partial charge on any atom is 0.227 e.